The van der Waals surface area contributed by atoms with Gasteiger partial charge in [-0.1, -0.05) is 0 Å². The SMILES string of the molecule is C[C](c1cnn(C)c1)c1cscn1. The van der Waals surface area contributed by atoms with Crippen LogP contribution in [-0.2, 0) is 7.05 Å². The molecular formula is C9H10N3S. The highest BCUT2D eigenvalue weighted by atomic mass is 32.1. The lowest BCUT2D eigenvalue weighted by Gasteiger charge is -2.02. The summed E-state index contributed by atoms with van der Waals surface area (Å²) in [6, 6.07) is 0. The van der Waals surface area contributed by atoms with Crippen LogP contribution in [0, 0.1) is 5.92 Å². The molecule has 0 amide bonds. The molecule has 2 heterocycles. The van der Waals surface area contributed by atoms with Crippen molar-refractivity contribution in [2.45, 2.75) is 6.92 Å². The van der Waals surface area contributed by atoms with E-state index < -0.39 is 0 Å². The average Bonchev–Trinajstić information content (AvgIpc) is 2.72. The van der Waals surface area contributed by atoms with Crippen LogP contribution in [0.1, 0.15) is 18.2 Å². The third kappa shape index (κ3) is 1.62. The van der Waals surface area contributed by atoms with Gasteiger partial charge < -0.3 is 0 Å². The smallest absolute Gasteiger partial charge is 0.0795 e. The maximum atomic E-state index is 4.25. The molecule has 0 aromatic carbocycles. The van der Waals surface area contributed by atoms with Gasteiger partial charge in [-0.05, 0) is 6.92 Å². The van der Waals surface area contributed by atoms with E-state index >= 15 is 0 Å². The lowest BCUT2D eigenvalue weighted by Crippen LogP contribution is -1.95. The van der Waals surface area contributed by atoms with Gasteiger partial charge in [0.25, 0.3) is 0 Å². The zero-order chi connectivity index (χ0) is 9.26. The van der Waals surface area contributed by atoms with Gasteiger partial charge >= 0.3 is 0 Å². The van der Waals surface area contributed by atoms with E-state index in [-0.39, 0.29) is 0 Å². The van der Waals surface area contributed by atoms with Crippen molar-refractivity contribution >= 4 is 11.3 Å². The van der Waals surface area contributed by atoms with Gasteiger partial charge in [-0.15, -0.1) is 11.3 Å². The normalized spacial score (nSPS) is 11.0. The molecule has 1 radical (unpaired) electrons. The van der Waals surface area contributed by atoms with E-state index in [1.165, 1.54) is 5.92 Å². The van der Waals surface area contributed by atoms with E-state index in [2.05, 4.69) is 17.0 Å². The molecule has 0 saturated heterocycles. The fraction of sp³-hybridized carbons (Fsp3) is 0.222. The summed E-state index contributed by atoms with van der Waals surface area (Å²) in [4.78, 5) is 4.25. The Balaban J connectivity index is 2.28. The third-order valence-electron chi connectivity index (χ3n) is 1.95. The van der Waals surface area contributed by atoms with Crippen molar-refractivity contribution in [2.24, 2.45) is 7.05 Å². The Morgan fingerprint density at radius 1 is 1.54 bits per heavy atom. The molecule has 2 rings (SSSR count). The zero-order valence-electron chi connectivity index (χ0n) is 7.56. The molecule has 2 aromatic heterocycles. The predicted octanol–water partition coefficient (Wildman–Crippen LogP) is 1.87. The highest BCUT2D eigenvalue weighted by Crippen LogP contribution is 2.21. The minimum atomic E-state index is 1.04. The topological polar surface area (TPSA) is 30.7 Å². The fourth-order valence-corrected chi connectivity index (χ4v) is 1.76. The summed E-state index contributed by atoms with van der Waals surface area (Å²) in [6.07, 6.45) is 3.85. The van der Waals surface area contributed by atoms with Crippen LogP contribution >= 0.6 is 11.3 Å². The van der Waals surface area contributed by atoms with Crippen molar-refractivity contribution in [1.82, 2.24) is 14.8 Å². The Labute approximate surface area is 81.1 Å². The molecule has 0 aliphatic heterocycles. The molecule has 0 saturated carbocycles. The van der Waals surface area contributed by atoms with Crippen molar-refractivity contribution in [3.05, 3.63) is 40.5 Å². The van der Waals surface area contributed by atoms with Crippen LogP contribution < -0.4 is 0 Å². The highest BCUT2D eigenvalue weighted by molar-refractivity contribution is 7.07. The number of thiazole rings is 1. The lowest BCUT2D eigenvalue weighted by atomic mass is 10.0. The monoisotopic (exact) mass is 192 g/mol. The van der Waals surface area contributed by atoms with Gasteiger partial charge in [0.2, 0.25) is 0 Å². The van der Waals surface area contributed by atoms with Gasteiger partial charge in [-0.25, -0.2) is 4.98 Å². The van der Waals surface area contributed by atoms with Crippen LogP contribution in [0.15, 0.2) is 23.3 Å². The molecule has 4 heteroatoms. The number of aromatic nitrogens is 3. The summed E-state index contributed by atoms with van der Waals surface area (Å²) >= 11 is 1.61. The second-order valence-electron chi connectivity index (χ2n) is 2.90. The van der Waals surface area contributed by atoms with E-state index in [9.17, 15) is 0 Å². The first-order valence-corrected chi connectivity index (χ1v) is 4.93. The first-order chi connectivity index (χ1) is 6.27. The Morgan fingerprint density at radius 2 is 2.38 bits per heavy atom. The molecule has 0 aliphatic carbocycles. The predicted molar refractivity (Wildman–Crippen MR) is 52.4 cm³/mol. The minimum Gasteiger partial charge on any atom is -0.276 e. The summed E-state index contributed by atoms with van der Waals surface area (Å²) in [6.45, 7) is 2.06. The molecule has 0 aliphatic rings. The van der Waals surface area contributed by atoms with E-state index in [0.717, 1.165) is 11.3 Å². The minimum absolute atomic E-state index is 1.04. The summed E-state index contributed by atoms with van der Waals surface area (Å²) < 4.78 is 1.80. The molecule has 13 heavy (non-hydrogen) atoms. The molecule has 0 bridgehead atoms. The number of rotatable bonds is 2. The van der Waals surface area contributed by atoms with Crippen LogP contribution in [-0.4, -0.2) is 14.8 Å². The number of nitrogens with zero attached hydrogens (tertiary/aromatic N) is 3. The zero-order valence-corrected chi connectivity index (χ0v) is 8.38. The standard InChI is InChI=1S/C9H10N3S/c1-7(9-5-13-6-10-9)8-3-11-12(2)4-8/h3-6H,1-2H3. The van der Waals surface area contributed by atoms with Crippen LogP contribution in [0.3, 0.4) is 0 Å². The largest absolute Gasteiger partial charge is 0.276 e. The molecule has 67 valence electrons. The molecule has 0 spiro atoms. The summed E-state index contributed by atoms with van der Waals surface area (Å²) in [5.41, 5.74) is 4.02. The van der Waals surface area contributed by atoms with Crippen molar-refractivity contribution < 1.29 is 0 Å². The van der Waals surface area contributed by atoms with Crippen LogP contribution in [0.25, 0.3) is 0 Å². The van der Waals surface area contributed by atoms with E-state index in [1.54, 1.807) is 16.0 Å². The van der Waals surface area contributed by atoms with Crippen LogP contribution in [0.5, 0.6) is 0 Å². The second kappa shape index (κ2) is 3.30. The van der Waals surface area contributed by atoms with Gasteiger partial charge in [0.05, 0.1) is 23.3 Å². The maximum absolute atomic E-state index is 4.25. The van der Waals surface area contributed by atoms with Gasteiger partial charge in [-0.3, -0.25) is 4.68 Å². The van der Waals surface area contributed by atoms with E-state index in [0.29, 0.717) is 0 Å². The number of hydrogen-bond acceptors (Lipinski definition) is 3. The van der Waals surface area contributed by atoms with Crippen molar-refractivity contribution in [3.63, 3.8) is 0 Å². The first kappa shape index (κ1) is 8.44. The van der Waals surface area contributed by atoms with Gasteiger partial charge in [-0.2, -0.15) is 5.10 Å². The van der Waals surface area contributed by atoms with Crippen molar-refractivity contribution in [2.75, 3.05) is 0 Å². The van der Waals surface area contributed by atoms with Crippen molar-refractivity contribution in [3.8, 4) is 0 Å². The second-order valence-corrected chi connectivity index (χ2v) is 3.62. The third-order valence-corrected chi connectivity index (χ3v) is 2.54. The summed E-state index contributed by atoms with van der Waals surface area (Å²) in [5, 5.41) is 6.16. The van der Waals surface area contributed by atoms with Crippen LogP contribution in [0.2, 0.25) is 0 Å². The summed E-state index contributed by atoms with van der Waals surface area (Å²) in [5.74, 6) is 1.18. The molecule has 3 nitrogen and oxygen atoms in total. The molecule has 0 fully saturated rings. The Kier molecular flexibility index (Phi) is 2.14. The lowest BCUT2D eigenvalue weighted by molar-refractivity contribution is 0.767. The molecule has 0 atom stereocenters. The molecule has 0 unspecified atom stereocenters. The average molecular weight is 192 g/mol. The van der Waals surface area contributed by atoms with Crippen LogP contribution in [0.4, 0.5) is 0 Å². The number of hydrogen-bond donors (Lipinski definition) is 0. The molecular weight excluding hydrogens is 182 g/mol. The van der Waals surface area contributed by atoms with E-state index in [4.69, 9.17) is 0 Å². The fourth-order valence-electron chi connectivity index (χ4n) is 1.16. The van der Waals surface area contributed by atoms with Crippen molar-refractivity contribution in [1.29, 1.82) is 0 Å². The highest BCUT2D eigenvalue weighted by Gasteiger charge is 2.12. The Hall–Kier alpha value is -1.16. The first-order valence-electron chi connectivity index (χ1n) is 3.98. The van der Waals surface area contributed by atoms with E-state index in [1.807, 2.05) is 30.3 Å². The van der Waals surface area contributed by atoms with Gasteiger partial charge in [0.15, 0.2) is 0 Å². The maximum Gasteiger partial charge on any atom is 0.0795 e. The summed E-state index contributed by atoms with van der Waals surface area (Å²) in [7, 11) is 1.91. The molecule has 0 N–H and O–H groups in total. The Bertz CT molecular complexity index is 377. The quantitative estimate of drug-likeness (QED) is 0.727. The van der Waals surface area contributed by atoms with Gasteiger partial charge in [0.1, 0.15) is 0 Å². The molecule has 2 aromatic rings. The number of aryl methyl sites for hydroxylation is 1. The van der Waals surface area contributed by atoms with Gasteiger partial charge in [0, 0.05) is 24.2 Å². The Morgan fingerprint density at radius 3 is 2.92 bits per heavy atom.